The van der Waals surface area contributed by atoms with E-state index in [1.165, 1.54) is 12.8 Å². The number of piperidine rings is 1. The molecule has 1 amide bonds. The molecule has 1 N–H and O–H groups in total. The van der Waals surface area contributed by atoms with E-state index in [-0.39, 0.29) is 11.9 Å². The number of likely N-dealkylation sites (tertiary alicyclic amines) is 1. The summed E-state index contributed by atoms with van der Waals surface area (Å²) in [6, 6.07) is 9.82. The number of carbonyl (C=O) groups excluding carboxylic acids is 1. The van der Waals surface area contributed by atoms with Gasteiger partial charge >= 0.3 is 0 Å². The molecule has 9 heteroatoms. The average Bonchev–Trinajstić information content (AvgIpc) is 3.46. The predicted octanol–water partition coefficient (Wildman–Crippen LogP) is 2.75. The average molecular weight is 437 g/mol. The molecule has 1 atom stereocenters. The van der Waals surface area contributed by atoms with Crippen molar-refractivity contribution in [3.63, 3.8) is 0 Å². The second kappa shape index (κ2) is 10.5. The Balaban J connectivity index is 1.22. The number of benzene rings is 1. The summed E-state index contributed by atoms with van der Waals surface area (Å²) in [5, 5.41) is 19.6. The van der Waals surface area contributed by atoms with Gasteiger partial charge in [-0.1, -0.05) is 25.1 Å². The second-order valence-electron chi connectivity index (χ2n) is 8.72. The molecule has 9 nitrogen and oxygen atoms in total. The van der Waals surface area contributed by atoms with Gasteiger partial charge < -0.3 is 5.32 Å². The van der Waals surface area contributed by atoms with Gasteiger partial charge in [-0.3, -0.25) is 9.69 Å². The first-order chi connectivity index (χ1) is 15.6. The summed E-state index contributed by atoms with van der Waals surface area (Å²) >= 11 is 0. The maximum Gasteiger partial charge on any atom is 0.220 e. The maximum atomic E-state index is 12.5. The van der Waals surface area contributed by atoms with Crippen molar-refractivity contribution in [1.82, 2.24) is 40.2 Å². The van der Waals surface area contributed by atoms with Gasteiger partial charge in [0.15, 0.2) is 5.82 Å². The molecule has 4 rings (SSSR count). The first-order valence-electron chi connectivity index (χ1n) is 11.4. The zero-order valence-corrected chi connectivity index (χ0v) is 18.9. The quantitative estimate of drug-likeness (QED) is 0.554. The molecule has 3 heterocycles. The van der Waals surface area contributed by atoms with E-state index < -0.39 is 0 Å². The third-order valence-corrected chi connectivity index (χ3v) is 6.12. The number of rotatable bonds is 9. The van der Waals surface area contributed by atoms with Crippen molar-refractivity contribution in [2.45, 2.75) is 58.7 Å². The summed E-state index contributed by atoms with van der Waals surface area (Å²) in [6.45, 7) is 7.88. The van der Waals surface area contributed by atoms with Crippen LogP contribution in [0.1, 0.15) is 57.0 Å². The highest BCUT2D eigenvalue weighted by atomic mass is 16.1. The number of nitrogens with one attached hydrogen (secondary N) is 1. The molecule has 0 radical (unpaired) electrons. The normalized spacial score (nSPS) is 16.2. The van der Waals surface area contributed by atoms with E-state index in [0.717, 1.165) is 42.6 Å². The molecule has 1 aliphatic rings. The SMILES string of the molecule is CC1CCN(Cc2nnnn2CCCC(=O)N[C@@H](C)c2cnn(-c3ccccc3)c2)CC1. The van der Waals surface area contributed by atoms with Crippen LogP contribution >= 0.6 is 0 Å². The molecule has 0 bridgehead atoms. The van der Waals surface area contributed by atoms with Crippen LogP contribution in [0.25, 0.3) is 5.69 Å². The van der Waals surface area contributed by atoms with Crippen LogP contribution in [-0.2, 0) is 17.9 Å². The molecular weight excluding hydrogens is 404 g/mol. The fourth-order valence-corrected chi connectivity index (χ4v) is 4.00. The number of hydrogen-bond acceptors (Lipinski definition) is 6. The Kier molecular flexibility index (Phi) is 7.26. The Morgan fingerprint density at radius 1 is 1.22 bits per heavy atom. The molecule has 2 aromatic heterocycles. The first-order valence-corrected chi connectivity index (χ1v) is 11.4. The van der Waals surface area contributed by atoms with E-state index in [1.807, 2.05) is 52.8 Å². The van der Waals surface area contributed by atoms with Gasteiger partial charge in [0.2, 0.25) is 5.91 Å². The molecular formula is C23H32N8O. The lowest BCUT2D eigenvalue weighted by molar-refractivity contribution is -0.121. The van der Waals surface area contributed by atoms with Gasteiger partial charge in [-0.2, -0.15) is 5.10 Å². The smallest absolute Gasteiger partial charge is 0.220 e. The molecule has 0 spiro atoms. The fourth-order valence-electron chi connectivity index (χ4n) is 4.00. The zero-order valence-electron chi connectivity index (χ0n) is 18.9. The molecule has 32 heavy (non-hydrogen) atoms. The van der Waals surface area contributed by atoms with Crippen LogP contribution in [0.3, 0.4) is 0 Å². The summed E-state index contributed by atoms with van der Waals surface area (Å²) in [4.78, 5) is 14.9. The third-order valence-electron chi connectivity index (χ3n) is 6.12. The molecule has 1 aliphatic heterocycles. The van der Waals surface area contributed by atoms with Gasteiger partial charge in [0.1, 0.15) is 0 Å². The number of aryl methyl sites for hydroxylation is 1. The minimum absolute atomic E-state index is 0.0182. The summed E-state index contributed by atoms with van der Waals surface area (Å²) in [5.74, 6) is 1.70. The van der Waals surface area contributed by atoms with E-state index in [2.05, 4.69) is 37.8 Å². The van der Waals surface area contributed by atoms with E-state index in [0.29, 0.717) is 19.4 Å². The molecule has 1 aromatic carbocycles. The van der Waals surface area contributed by atoms with Gasteiger partial charge in [-0.25, -0.2) is 9.36 Å². The van der Waals surface area contributed by atoms with Crippen LogP contribution in [0, 0.1) is 5.92 Å². The lowest BCUT2D eigenvalue weighted by Gasteiger charge is -2.29. The Bertz CT molecular complexity index is 990. The van der Waals surface area contributed by atoms with Crippen LogP contribution in [-0.4, -0.2) is 53.9 Å². The van der Waals surface area contributed by atoms with Crippen LogP contribution in [0.15, 0.2) is 42.7 Å². The summed E-state index contributed by atoms with van der Waals surface area (Å²) in [5.41, 5.74) is 1.97. The highest BCUT2D eigenvalue weighted by molar-refractivity contribution is 5.76. The topological polar surface area (TPSA) is 93.8 Å². The second-order valence-corrected chi connectivity index (χ2v) is 8.72. The van der Waals surface area contributed by atoms with Crippen molar-refractivity contribution in [3.8, 4) is 5.69 Å². The standard InChI is InChI=1S/C23H32N8O/c1-18-10-13-29(14-11-18)17-22-26-27-28-30(22)12-6-9-23(32)25-19(2)20-15-24-31(16-20)21-7-4-3-5-8-21/h3-5,7-8,15-16,18-19H,6,9-14,17H2,1-2H3,(H,25,32)/t19-/m0/s1. The van der Waals surface area contributed by atoms with Gasteiger partial charge in [0, 0.05) is 24.7 Å². The highest BCUT2D eigenvalue weighted by Gasteiger charge is 2.18. The summed E-state index contributed by atoms with van der Waals surface area (Å²) in [6.07, 6.45) is 7.32. The lowest BCUT2D eigenvalue weighted by Crippen LogP contribution is -2.33. The molecule has 0 saturated carbocycles. The number of carbonyl (C=O) groups is 1. The molecule has 1 fully saturated rings. The number of para-hydroxylation sites is 1. The molecule has 3 aromatic rings. The monoisotopic (exact) mass is 436 g/mol. The van der Waals surface area contributed by atoms with Crippen molar-refractivity contribution in [2.24, 2.45) is 5.92 Å². The molecule has 170 valence electrons. The van der Waals surface area contributed by atoms with Crippen LogP contribution in [0.4, 0.5) is 0 Å². The van der Waals surface area contributed by atoms with Crippen molar-refractivity contribution in [2.75, 3.05) is 13.1 Å². The Morgan fingerprint density at radius 2 is 2.00 bits per heavy atom. The Morgan fingerprint density at radius 3 is 2.78 bits per heavy atom. The number of hydrogen-bond donors (Lipinski definition) is 1. The van der Waals surface area contributed by atoms with Crippen LogP contribution in [0.5, 0.6) is 0 Å². The van der Waals surface area contributed by atoms with Gasteiger partial charge in [0.05, 0.1) is 24.5 Å². The summed E-state index contributed by atoms with van der Waals surface area (Å²) < 4.78 is 3.65. The van der Waals surface area contributed by atoms with Gasteiger partial charge in [0.25, 0.3) is 0 Å². The van der Waals surface area contributed by atoms with E-state index in [9.17, 15) is 4.79 Å². The van der Waals surface area contributed by atoms with Crippen molar-refractivity contribution < 1.29 is 4.79 Å². The fraction of sp³-hybridized carbons (Fsp3) is 0.522. The Hall–Kier alpha value is -3.07. The number of tetrazole rings is 1. The largest absolute Gasteiger partial charge is 0.349 e. The third kappa shape index (κ3) is 5.79. The number of aromatic nitrogens is 6. The van der Waals surface area contributed by atoms with Crippen molar-refractivity contribution in [1.29, 1.82) is 0 Å². The molecule has 0 unspecified atom stereocenters. The molecule has 0 aliphatic carbocycles. The van der Waals surface area contributed by atoms with Crippen molar-refractivity contribution in [3.05, 3.63) is 54.1 Å². The lowest BCUT2D eigenvalue weighted by atomic mass is 9.99. The first kappa shape index (κ1) is 22.1. The Labute approximate surface area is 188 Å². The number of nitrogens with zero attached hydrogens (tertiary/aromatic N) is 7. The molecule has 1 saturated heterocycles. The maximum absolute atomic E-state index is 12.5. The van der Waals surface area contributed by atoms with Crippen LogP contribution < -0.4 is 5.32 Å². The van der Waals surface area contributed by atoms with Gasteiger partial charge in [-0.15, -0.1) is 5.10 Å². The van der Waals surface area contributed by atoms with E-state index in [4.69, 9.17) is 0 Å². The predicted molar refractivity (Wildman–Crippen MR) is 121 cm³/mol. The van der Waals surface area contributed by atoms with E-state index >= 15 is 0 Å². The van der Waals surface area contributed by atoms with E-state index in [1.54, 1.807) is 6.20 Å². The minimum Gasteiger partial charge on any atom is -0.349 e. The van der Waals surface area contributed by atoms with Crippen LogP contribution in [0.2, 0.25) is 0 Å². The zero-order chi connectivity index (χ0) is 22.3. The minimum atomic E-state index is -0.106. The van der Waals surface area contributed by atoms with Gasteiger partial charge in [-0.05, 0) is 67.8 Å². The highest BCUT2D eigenvalue weighted by Crippen LogP contribution is 2.18. The number of amides is 1. The van der Waals surface area contributed by atoms with Crippen molar-refractivity contribution >= 4 is 5.91 Å². The summed E-state index contributed by atoms with van der Waals surface area (Å²) in [7, 11) is 0.